The van der Waals surface area contributed by atoms with Crippen molar-refractivity contribution in [3.05, 3.63) is 41.0 Å². The van der Waals surface area contributed by atoms with Gasteiger partial charge in [0.05, 0.1) is 7.11 Å². The Morgan fingerprint density at radius 1 is 1.32 bits per heavy atom. The third kappa shape index (κ3) is 3.94. The molecule has 0 aliphatic carbocycles. The monoisotopic (exact) mass is 359 g/mol. The summed E-state index contributed by atoms with van der Waals surface area (Å²) in [7, 11) is 3.39. The lowest BCUT2D eigenvalue weighted by Crippen LogP contribution is -2.12. The van der Waals surface area contributed by atoms with Crippen molar-refractivity contribution >= 4 is 22.4 Å². The fourth-order valence-corrected chi connectivity index (χ4v) is 2.96. The number of rotatable bonds is 7. The summed E-state index contributed by atoms with van der Waals surface area (Å²) in [4.78, 5) is 20.0. The number of aromatic nitrogens is 4. The van der Waals surface area contributed by atoms with Gasteiger partial charge in [-0.3, -0.25) is 4.79 Å². The second-order valence-corrected chi connectivity index (χ2v) is 6.07. The molecule has 0 radical (unpaired) electrons. The molecule has 0 bridgehead atoms. The number of thiazole rings is 1. The first-order chi connectivity index (χ1) is 12.1. The van der Waals surface area contributed by atoms with Gasteiger partial charge in [0, 0.05) is 18.8 Å². The summed E-state index contributed by atoms with van der Waals surface area (Å²) in [6, 6.07) is 7.59. The van der Waals surface area contributed by atoms with Crippen molar-refractivity contribution in [3.8, 4) is 17.3 Å². The maximum atomic E-state index is 11.1. The van der Waals surface area contributed by atoms with Crippen LogP contribution in [0.3, 0.4) is 0 Å². The van der Waals surface area contributed by atoms with E-state index in [9.17, 15) is 4.79 Å². The van der Waals surface area contributed by atoms with Gasteiger partial charge in [0.15, 0.2) is 16.8 Å². The molecule has 1 aromatic carbocycles. The maximum absolute atomic E-state index is 11.1. The highest BCUT2D eigenvalue weighted by Gasteiger charge is 2.17. The average molecular weight is 359 g/mol. The second kappa shape index (κ2) is 7.31. The molecule has 3 rings (SSSR count). The lowest BCUT2D eigenvalue weighted by Gasteiger charge is -2.01. The Bertz CT molecular complexity index is 872. The molecule has 130 valence electrons. The number of ether oxygens (including phenoxy) is 1. The quantitative estimate of drug-likeness (QED) is 0.666. The molecule has 8 nitrogen and oxygen atoms in total. The summed E-state index contributed by atoms with van der Waals surface area (Å²) < 4.78 is 6.51. The molecule has 25 heavy (non-hydrogen) atoms. The molecule has 3 aromatic rings. The second-order valence-electron chi connectivity index (χ2n) is 5.22. The summed E-state index contributed by atoms with van der Waals surface area (Å²) in [6.45, 7) is -0.267. The van der Waals surface area contributed by atoms with E-state index in [2.05, 4.69) is 20.4 Å². The molecule has 0 saturated heterocycles. The summed E-state index contributed by atoms with van der Waals surface area (Å²) in [5.74, 6) is 0.783. The summed E-state index contributed by atoms with van der Waals surface area (Å²) in [5.41, 5.74) is 1.61. The number of benzene rings is 1. The highest BCUT2D eigenvalue weighted by atomic mass is 32.1. The molecule has 0 aliphatic heterocycles. The third-order valence-electron chi connectivity index (χ3n) is 3.47. The predicted molar refractivity (Wildman–Crippen MR) is 94.1 cm³/mol. The molecular weight excluding hydrogens is 342 g/mol. The minimum absolute atomic E-state index is 0.267. The highest BCUT2D eigenvalue weighted by Crippen LogP contribution is 2.24. The molecule has 2 N–H and O–H groups in total. The Labute approximate surface area is 148 Å². The van der Waals surface area contributed by atoms with Crippen molar-refractivity contribution in [2.45, 2.75) is 13.0 Å². The van der Waals surface area contributed by atoms with Gasteiger partial charge in [-0.15, -0.1) is 11.3 Å². The average Bonchev–Trinajstić information content (AvgIpc) is 3.21. The fraction of sp³-hybridized carbons (Fsp3) is 0.250. The van der Waals surface area contributed by atoms with Gasteiger partial charge < -0.3 is 15.2 Å². The Kier molecular flexibility index (Phi) is 4.94. The molecule has 2 aromatic heterocycles. The Morgan fingerprint density at radius 3 is 2.68 bits per heavy atom. The normalized spacial score (nSPS) is 10.6. The fourth-order valence-electron chi connectivity index (χ4n) is 2.31. The van der Waals surface area contributed by atoms with Crippen LogP contribution in [0.15, 0.2) is 29.6 Å². The van der Waals surface area contributed by atoms with Crippen LogP contribution in [0.25, 0.3) is 11.5 Å². The van der Waals surface area contributed by atoms with Gasteiger partial charge >= 0.3 is 5.97 Å². The van der Waals surface area contributed by atoms with Crippen LogP contribution < -0.4 is 10.1 Å². The topological polar surface area (TPSA) is 102 Å². The van der Waals surface area contributed by atoms with E-state index in [1.807, 2.05) is 29.6 Å². The predicted octanol–water partition coefficient (Wildman–Crippen LogP) is 2.13. The van der Waals surface area contributed by atoms with Crippen molar-refractivity contribution in [1.82, 2.24) is 19.7 Å². The van der Waals surface area contributed by atoms with E-state index in [1.165, 1.54) is 16.0 Å². The van der Waals surface area contributed by atoms with Crippen LogP contribution in [-0.2, 0) is 17.8 Å². The van der Waals surface area contributed by atoms with Gasteiger partial charge in [0.1, 0.15) is 18.0 Å². The number of carboxylic acid groups (broad SMARTS) is 1. The van der Waals surface area contributed by atoms with E-state index >= 15 is 0 Å². The van der Waals surface area contributed by atoms with Crippen LogP contribution in [0.5, 0.6) is 5.75 Å². The van der Waals surface area contributed by atoms with Gasteiger partial charge in [0.2, 0.25) is 0 Å². The van der Waals surface area contributed by atoms with E-state index in [0.29, 0.717) is 23.8 Å². The Hall–Kier alpha value is -2.94. The van der Waals surface area contributed by atoms with E-state index < -0.39 is 5.97 Å². The SMILES string of the molecule is CNc1nc(-c2nc(Cc3ccc(OC)cc3)nn2CC(=O)O)cs1. The molecule has 9 heteroatoms. The van der Waals surface area contributed by atoms with Crippen LogP contribution in [-0.4, -0.2) is 45.0 Å². The summed E-state index contributed by atoms with van der Waals surface area (Å²) in [5, 5.41) is 19.0. The van der Waals surface area contributed by atoms with E-state index in [1.54, 1.807) is 14.2 Å². The Balaban J connectivity index is 1.90. The summed E-state index contributed by atoms with van der Waals surface area (Å²) >= 11 is 1.42. The first kappa shape index (κ1) is 16.9. The number of nitrogens with zero attached hydrogens (tertiary/aromatic N) is 4. The first-order valence-corrected chi connectivity index (χ1v) is 8.39. The van der Waals surface area contributed by atoms with E-state index in [-0.39, 0.29) is 6.54 Å². The molecule has 2 heterocycles. The number of hydrogen-bond donors (Lipinski definition) is 2. The van der Waals surface area contributed by atoms with Crippen molar-refractivity contribution in [1.29, 1.82) is 0 Å². The van der Waals surface area contributed by atoms with Crippen molar-refractivity contribution in [2.24, 2.45) is 0 Å². The number of anilines is 1. The standard InChI is InChI=1S/C16H17N5O3S/c1-17-16-18-12(9-25-16)15-19-13(20-21(15)8-14(22)23)7-10-3-5-11(24-2)6-4-10/h3-6,9H,7-8H2,1-2H3,(H,17,18)(H,22,23). The molecule has 0 fully saturated rings. The van der Waals surface area contributed by atoms with Crippen LogP contribution >= 0.6 is 11.3 Å². The zero-order chi connectivity index (χ0) is 17.8. The molecule has 0 saturated carbocycles. The van der Waals surface area contributed by atoms with Gasteiger partial charge in [-0.2, -0.15) is 5.10 Å². The van der Waals surface area contributed by atoms with Gasteiger partial charge in [-0.05, 0) is 17.7 Å². The minimum atomic E-state index is -0.980. The number of methoxy groups -OCH3 is 1. The van der Waals surface area contributed by atoms with Gasteiger partial charge in [-0.1, -0.05) is 12.1 Å². The third-order valence-corrected chi connectivity index (χ3v) is 4.33. The van der Waals surface area contributed by atoms with E-state index in [0.717, 1.165) is 16.4 Å². The number of aliphatic carboxylic acids is 1. The van der Waals surface area contributed by atoms with Crippen LogP contribution in [0.1, 0.15) is 11.4 Å². The zero-order valence-electron chi connectivity index (χ0n) is 13.8. The molecule has 0 unspecified atom stereocenters. The van der Waals surface area contributed by atoms with Gasteiger partial charge in [-0.25, -0.2) is 14.6 Å². The van der Waals surface area contributed by atoms with E-state index in [4.69, 9.17) is 9.84 Å². The number of carboxylic acids is 1. The largest absolute Gasteiger partial charge is 0.497 e. The molecule has 0 amide bonds. The molecule has 0 aliphatic rings. The van der Waals surface area contributed by atoms with Crippen molar-refractivity contribution in [2.75, 3.05) is 19.5 Å². The van der Waals surface area contributed by atoms with Gasteiger partial charge in [0.25, 0.3) is 0 Å². The summed E-state index contributed by atoms with van der Waals surface area (Å²) in [6.07, 6.45) is 0.493. The molecule has 0 spiro atoms. The number of hydrogen-bond acceptors (Lipinski definition) is 7. The molecule has 0 atom stereocenters. The van der Waals surface area contributed by atoms with Crippen LogP contribution in [0, 0.1) is 0 Å². The van der Waals surface area contributed by atoms with Crippen molar-refractivity contribution < 1.29 is 14.6 Å². The lowest BCUT2D eigenvalue weighted by molar-refractivity contribution is -0.137. The smallest absolute Gasteiger partial charge is 0.325 e. The zero-order valence-corrected chi connectivity index (χ0v) is 14.6. The number of carbonyl (C=O) groups is 1. The van der Waals surface area contributed by atoms with Crippen LogP contribution in [0.2, 0.25) is 0 Å². The first-order valence-electron chi connectivity index (χ1n) is 7.51. The maximum Gasteiger partial charge on any atom is 0.325 e. The number of nitrogens with one attached hydrogen (secondary N) is 1. The molecular formula is C16H17N5O3S. The highest BCUT2D eigenvalue weighted by molar-refractivity contribution is 7.14. The minimum Gasteiger partial charge on any atom is -0.497 e. The lowest BCUT2D eigenvalue weighted by atomic mass is 10.1. The Morgan fingerprint density at radius 2 is 2.08 bits per heavy atom. The van der Waals surface area contributed by atoms with Crippen molar-refractivity contribution in [3.63, 3.8) is 0 Å². The van der Waals surface area contributed by atoms with Crippen LogP contribution in [0.4, 0.5) is 5.13 Å².